The van der Waals surface area contributed by atoms with Crippen LogP contribution in [0, 0.1) is 11.3 Å². The zero-order valence-electron chi connectivity index (χ0n) is 14.0. The van der Waals surface area contributed by atoms with E-state index < -0.39 is 0 Å². The van der Waals surface area contributed by atoms with E-state index in [2.05, 4.69) is 20.6 Å². The van der Waals surface area contributed by atoms with Crippen LogP contribution in [-0.2, 0) is 0 Å². The molecule has 8 heteroatoms. The zero-order chi connectivity index (χ0) is 18.6. The molecule has 0 saturated carbocycles. The molecule has 0 aliphatic carbocycles. The van der Waals surface area contributed by atoms with E-state index >= 15 is 0 Å². The van der Waals surface area contributed by atoms with E-state index in [-0.39, 0.29) is 12.7 Å². The Balaban J connectivity index is 1.42. The van der Waals surface area contributed by atoms with E-state index in [4.69, 9.17) is 14.7 Å². The molecule has 1 aliphatic rings. The average Bonchev–Trinajstić information content (AvgIpc) is 3.17. The van der Waals surface area contributed by atoms with E-state index in [1.54, 1.807) is 36.4 Å². The SMILES string of the molecule is N#Cc1ccc(NC(=O)c2cnc(Nc3ccc4c(c3)OCO4)nc2)cc1. The summed E-state index contributed by atoms with van der Waals surface area (Å²) in [5.74, 6) is 1.35. The van der Waals surface area contributed by atoms with Crippen molar-refractivity contribution >= 4 is 23.2 Å². The summed E-state index contributed by atoms with van der Waals surface area (Å²) in [5.41, 5.74) is 2.17. The van der Waals surface area contributed by atoms with Gasteiger partial charge in [0, 0.05) is 29.8 Å². The lowest BCUT2D eigenvalue weighted by Gasteiger charge is -2.07. The molecule has 2 heterocycles. The number of aromatic nitrogens is 2. The standard InChI is InChI=1S/C19H13N5O3/c20-8-12-1-3-14(4-2-12)23-18(25)13-9-21-19(22-10-13)24-15-5-6-16-17(7-15)27-11-26-16/h1-7,9-10H,11H2,(H,23,25)(H,21,22,24). The molecule has 4 rings (SSSR count). The van der Waals surface area contributed by atoms with Crippen LogP contribution in [0.3, 0.4) is 0 Å². The molecule has 2 aromatic carbocycles. The first kappa shape index (κ1) is 16.4. The fourth-order valence-corrected chi connectivity index (χ4v) is 2.44. The van der Waals surface area contributed by atoms with Gasteiger partial charge in [-0.05, 0) is 36.4 Å². The summed E-state index contributed by atoms with van der Waals surface area (Å²) in [4.78, 5) is 20.6. The lowest BCUT2D eigenvalue weighted by Crippen LogP contribution is -2.13. The van der Waals surface area contributed by atoms with Gasteiger partial charge in [-0.15, -0.1) is 0 Å². The Hall–Kier alpha value is -4.12. The summed E-state index contributed by atoms with van der Waals surface area (Å²) in [6, 6.07) is 14.0. The molecule has 132 valence electrons. The van der Waals surface area contributed by atoms with E-state index in [1.165, 1.54) is 12.4 Å². The Morgan fingerprint density at radius 3 is 2.44 bits per heavy atom. The van der Waals surface area contributed by atoms with E-state index in [9.17, 15) is 4.79 Å². The van der Waals surface area contributed by atoms with Crippen LogP contribution < -0.4 is 20.1 Å². The first-order valence-electron chi connectivity index (χ1n) is 8.01. The third-order valence-electron chi connectivity index (χ3n) is 3.81. The Morgan fingerprint density at radius 2 is 1.70 bits per heavy atom. The van der Waals surface area contributed by atoms with Gasteiger partial charge in [0.05, 0.1) is 17.2 Å². The number of benzene rings is 2. The van der Waals surface area contributed by atoms with Crippen LogP contribution in [0.2, 0.25) is 0 Å². The molecule has 0 unspecified atom stereocenters. The maximum atomic E-state index is 12.3. The average molecular weight is 359 g/mol. The summed E-state index contributed by atoms with van der Waals surface area (Å²) in [7, 11) is 0. The Labute approximate surface area is 154 Å². The second kappa shape index (κ2) is 7.01. The quantitative estimate of drug-likeness (QED) is 0.737. The molecule has 0 radical (unpaired) electrons. The van der Waals surface area contributed by atoms with Crippen molar-refractivity contribution in [3.05, 3.63) is 66.0 Å². The van der Waals surface area contributed by atoms with Crippen molar-refractivity contribution in [3.8, 4) is 17.6 Å². The summed E-state index contributed by atoms with van der Waals surface area (Å²) in [6.45, 7) is 0.207. The van der Waals surface area contributed by atoms with Crippen LogP contribution in [0.4, 0.5) is 17.3 Å². The van der Waals surface area contributed by atoms with Crippen molar-refractivity contribution in [2.45, 2.75) is 0 Å². The van der Waals surface area contributed by atoms with Crippen LogP contribution >= 0.6 is 0 Å². The molecular formula is C19H13N5O3. The number of ether oxygens (including phenoxy) is 2. The minimum atomic E-state index is -0.339. The second-order valence-electron chi connectivity index (χ2n) is 5.63. The number of nitriles is 1. The molecular weight excluding hydrogens is 346 g/mol. The highest BCUT2D eigenvalue weighted by Crippen LogP contribution is 2.34. The lowest BCUT2D eigenvalue weighted by molar-refractivity contribution is 0.102. The molecule has 0 saturated heterocycles. The molecule has 0 spiro atoms. The highest BCUT2D eigenvalue weighted by Gasteiger charge is 2.14. The number of amides is 1. The number of fused-ring (bicyclic) bond motifs is 1. The molecule has 8 nitrogen and oxygen atoms in total. The van der Waals surface area contributed by atoms with Crippen LogP contribution in [0.1, 0.15) is 15.9 Å². The van der Waals surface area contributed by atoms with E-state index in [0.29, 0.717) is 34.3 Å². The third kappa shape index (κ3) is 3.62. The first-order valence-corrected chi connectivity index (χ1v) is 8.01. The monoisotopic (exact) mass is 359 g/mol. The van der Waals surface area contributed by atoms with Gasteiger partial charge < -0.3 is 20.1 Å². The van der Waals surface area contributed by atoms with Crippen LogP contribution in [-0.4, -0.2) is 22.7 Å². The summed E-state index contributed by atoms with van der Waals surface area (Å²) >= 11 is 0. The predicted octanol–water partition coefficient (Wildman–Crippen LogP) is 3.07. The topological polar surface area (TPSA) is 109 Å². The molecule has 3 aromatic rings. The minimum absolute atomic E-state index is 0.207. The Bertz CT molecular complexity index is 1030. The smallest absolute Gasteiger partial charge is 0.258 e. The molecule has 1 aromatic heterocycles. The number of hydrogen-bond donors (Lipinski definition) is 2. The van der Waals surface area contributed by atoms with Crippen LogP contribution in [0.15, 0.2) is 54.9 Å². The molecule has 2 N–H and O–H groups in total. The maximum absolute atomic E-state index is 12.3. The summed E-state index contributed by atoms with van der Waals surface area (Å²) < 4.78 is 10.6. The van der Waals surface area contributed by atoms with Gasteiger partial charge in [0.2, 0.25) is 12.7 Å². The molecule has 0 atom stereocenters. The van der Waals surface area contributed by atoms with Gasteiger partial charge in [-0.3, -0.25) is 4.79 Å². The van der Waals surface area contributed by atoms with Crippen molar-refractivity contribution in [2.75, 3.05) is 17.4 Å². The summed E-state index contributed by atoms with van der Waals surface area (Å²) in [5, 5.41) is 14.6. The second-order valence-corrected chi connectivity index (χ2v) is 5.63. The van der Waals surface area contributed by atoms with Crippen molar-refractivity contribution < 1.29 is 14.3 Å². The highest BCUT2D eigenvalue weighted by molar-refractivity contribution is 6.03. The summed E-state index contributed by atoms with van der Waals surface area (Å²) in [6.07, 6.45) is 2.86. The number of nitrogens with zero attached hydrogens (tertiary/aromatic N) is 3. The number of nitrogens with one attached hydrogen (secondary N) is 2. The predicted molar refractivity (Wildman–Crippen MR) is 97.0 cm³/mol. The lowest BCUT2D eigenvalue weighted by atomic mass is 10.2. The van der Waals surface area contributed by atoms with Crippen molar-refractivity contribution in [1.29, 1.82) is 5.26 Å². The van der Waals surface area contributed by atoms with Gasteiger partial charge in [-0.25, -0.2) is 9.97 Å². The fraction of sp³-hybridized carbons (Fsp3) is 0.0526. The fourth-order valence-electron chi connectivity index (χ4n) is 2.44. The van der Waals surface area contributed by atoms with Crippen molar-refractivity contribution in [1.82, 2.24) is 9.97 Å². The Kier molecular flexibility index (Phi) is 4.25. The Morgan fingerprint density at radius 1 is 1.00 bits per heavy atom. The molecule has 0 bridgehead atoms. The highest BCUT2D eigenvalue weighted by atomic mass is 16.7. The maximum Gasteiger partial charge on any atom is 0.258 e. The number of carbonyl (C=O) groups is 1. The van der Waals surface area contributed by atoms with Gasteiger partial charge in [-0.2, -0.15) is 5.26 Å². The normalized spacial score (nSPS) is 11.5. The molecule has 27 heavy (non-hydrogen) atoms. The number of carbonyl (C=O) groups excluding carboxylic acids is 1. The van der Waals surface area contributed by atoms with Crippen LogP contribution in [0.5, 0.6) is 11.5 Å². The third-order valence-corrected chi connectivity index (χ3v) is 3.81. The van der Waals surface area contributed by atoms with Crippen molar-refractivity contribution in [2.24, 2.45) is 0 Å². The first-order chi connectivity index (χ1) is 13.2. The number of rotatable bonds is 4. The minimum Gasteiger partial charge on any atom is -0.454 e. The molecule has 0 fully saturated rings. The van der Waals surface area contributed by atoms with Crippen LogP contribution in [0.25, 0.3) is 0 Å². The van der Waals surface area contributed by atoms with Gasteiger partial charge >= 0.3 is 0 Å². The van der Waals surface area contributed by atoms with Crippen molar-refractivity contribution in [3.63, 3.8) is 0 Å². The van der Waals surface area contributed by atoms with Gasteiger partial charge in [0.15, 0.2) is 11.5 Å². The van der Waals surface area contributed by atoms with Gasteiger partial charge in [0.25, 0.3) is 5.91 Å². The number of anilines is 3. The van der Waals surface area contributed by atoms with E-state index in [0.717, 1.165) is 5.69 Å². The van der Waals surface area contributed by atoms with E-state index in [1.807, 2.05) is 12.1 Å². The molecule has 1 amide bonds. The number of hydrogen-bond acceptors (Lipinski definition) is 7. The largest absolute Gasteiger partial charge is 0.454 e. The van der Waals surface area contributed by atoms with Gasteiger partial charge in [0.1, 0.15) is 0 Å². The molecule has 1 aliphatic heterocycles. The zero-order valence-corrected chi connectivity index (χ0v) is 14.0. The van der Waals surface area contributed by atoms with Gasteiger partial charge in [-0.1, -0.05) is 0 Å².